The Labute approximate surface area is 134 Å². The van der Waals surface area contributed by atoms with E-state index < -0.39 is 20.6 Å². The first kappa shape index (κ1) is 17.1. The van der Waals surface area contributed by atoms with Crippen LogP contribution in [0.2, 0.25) is 0 Å². The summed E-state index contributed by atoms with van der Waals surface area (Å²) in [4.78, 5) is 10.3. The van der Waals surface area contributed by atoms with Gasteiger partial charge >= 0.3 is 0 Å². The number of aromatic nitrogens is 2. The zero-order valence-corrected chi connectivity index (χ0v) is 13.9. The fourth-order valence-corrected chi connectivity index (χ4v) is 4.17. The molecule has 0 fully saturated rings. The maximum atomic E-state index is 12.9. The lowest BCUT2D eigenvalue weighted by atomic mass is 10.2. The first-order valence-electron chi connectivity index (χ1n) is 6.99. The Bertz CT molecular complexity index is 829. The van der Waals surface area contributed by atoms with Gasteiger partial charge < -0.3 is 0 Å². The fourth-order valence-electron chi connectivity index (χ4n) is 2.37. The molecule has 0 unspecified atom stereocenters. The number of hydrogen-bond acceptors (Lipinski definition) is 5. The number of hydrogen-bond donors (Lipinski definition) is 0. The van der Waals surface area contributed by atoms with Crippen molar-refractivity contribution in [2.24, 2.45) is 7.05 Å². The first-order valence-corrected chi connectivity index (χ1v) is 8.43. The largest absolute Gasteiger partial charge is 0.289 e. The van der Waals surface area contributed by atoms with Crippen molar-refractivity contribution < 1.29 is 13.3 Å². The molecule has 0 N–H and O–H groups in total. The quantitative estimate of drug-likeness (QED) is 0.591. The standard InChI is InChI=1S/C14H18N4O4S/c1-4-17(10-12-8-15-16(3)9-12)23(21,22)14-11(2)6-5-7-13(14)18(19)20/h5-9H,4,10H2,1-3H3. The second-order valence-electron chi connectivity index (χ2n) is 5.13. The van der Waals surface area contributed by atoms with Gasteiger partial charge in [-0.15, -0.1) is 0 Å². The van der Waals surface area contributed by atoms with Gasteiger partial charge in [0.15, 0.2) is 4.90 Å². The second-order valence-corrected chi connectivity index (χ2v) is 7.01. The molecule has 1 heterocycles. The molecular weight excluding hydrogens is 320 g/mol. The van der Waals surface area contributed by atoms with Crippen molar-refractivity contribution >= 4 is 15.7 Å². The molecule has 0 saturated carbocycles. The number of rotatable bonds is 6. The van der Waals surface area contributed by atoms with Gasteiger partial charge in [-0.2, -0.15) is 9.40 Å². The van der Waals surface area contributed by atoms with Crippen molar-refractivity contribution in [1.29, 1.82) is 0 Å². The van der Waals surface area contributed by atoms with Gasteiger partial charge in [0.25, 0.3) is 5.69 Å². The number of aryl methyl sites for hydroxylation is 2. The summed E-state index contributed by atoms with van der Waals surface area (Å²) in [6, 6.07) is 4.24. The van der Waals surface area contributed by atoms with E-state index in [1.165, 1.54) is 16.4 Å². The molecule has 0 aliphatic rings. The van der Waals surface area contributed by atoms with Crippen molar-refractivity contribution in [3.8, 4) is 0 Å². The minimum Gasteiger partial charge on any atom is -0.275 e. The Kier molecular flexibility index (Phi) is 4.81. The summed E-state index contributed by atoms with van der Waals surface area (Å²) in [5.74, 6) is 0. The van der Waals surface area contributed by atoms with Gasteiger partial charge in [-0.3, -0.25) is 14.8 Å². The molecule has 0 saturated heterocycles. The molecule has 2 aromatic rings. The van der Waals surface area contributed by atoms with Crippen molar-refractivity contribution in [2.45, 2.75) is 25.3 Å². The van der Waals surface area contributed by atoms with Crippen LogP contribution in [0.1, 0.15) is 18.1 Å². The highest BCUT2D eigenvalue weighted by Crippen LogP contribution is 2.30. The van der Waals surface area contributed by atoms with Crippen molar-refractivity contribution in [2.75, 3.05) is 6.54 Å². The molecule has 1 aromatic heterocycles. The molecule has 23 heavy (non-hydrogen) atoms. The van der Waals surface area contributed by atoms with Gasteiger partial charge in [0.1, 0.15) is 0 Å². The van der Waals surface area contributed by atoms with E-state index in [0.717, 1.165) is 0 Å². The molecule has 1 aromatic carbocycles. The fraction of sp³-hybridized carbons (Fsp3) is 0.357. The molecule has 0 radical (unpaired) electrons. The van der Waals surface area contributed by atoms with E-state index in [1.807, 2.05) is 0 Å². The lowest BCUT2D eigenvalue weighted by Crippen LogP contribution is -2.31. The van der Waals surface area contributed by atoms with E-state index in [4.69, 9.17) is 0 Å². The number of nitro groups is 1. The van der Waals surface area contributed by atoms with Crippen LogP contribution in [0.4, 0.5) is 5.69 Å². The van der Waals surface area contributed by atoms with Gasteiger partial charge in [-0.1, -0.05) is 19.1 Å². The molecule has 0 amide bonds. The van der Waals surface area contributed by atoms with Crippen molar-refractivity contribution in [3.63, 3.8) is 0 Å². The Morgan fingerprint density at radius 2 is 2.09 bits per heavy atom. The van der Waals surface area contributed by atoms with E-state index in [1.54, 1.807) is 44.0 Å². The summed E-state index contributed by atoms with van der Waals surface area (Å²) in [5.41, 5.74) is 0.660. The predicted octanol–water partition coefficient (Wildman–Crippen LogP) is 1.85. The summed E-state index contributed by atoms with van der Waals surface area (Å²) in [7, 11) is -2.26. The van der Waals surface area contributed by atoms with Crippen LogP contribution in [0.15, 0.2) is 35.5 Å². The number of benzene rings is 1. The van der Waals surface area contributed by atoms with E-state index in [9.17, 15) is 18.5 Å². The maximum Gasteiger partial charge on any atom is 0.289 e. The zero-order chi connectivity index (χ0) is 17.2. The Morgan fingerprint density at radius 1 is 1.39 bits per heavy atom. The average molecular weight is 338 g/mol. The Hall–Kier alpha value is -2.26. The molecule has 9 heteroatoms. The summed E-state index contributed by atoms with van der Waals surface area (Å²) in [6.07, 6.45) is 3.29. The molecule has 124 valence electrons. The molecule has 0 spiro atoms. The predicted molar refractivity (Wildman–Crippen MR) is 84.3 cm³/mol. The highest BCUT2D eigenvalue weighted by Gasteiger charge is 2.32. The van der Waals surface area contributed by atoms with Gasteiger partial charge in [-0.05, 0) is 12.5 Å². The third kappa shape index (κ3) is 3.40. The Morgan fingerprint density at radius 3 is 2.61 bits per heavy atom. The van der Waals surface area contributed by atoms with Crippen molar-refractivity contribution in [1.82, 2.24) is 14.1 Å². The van der Waals surface area contributed by atoms with Gasteiger partial charge in [0, 0.05) is 38.0 Å². The van der Waals surface area contributed by atoms with Crippen LogP contribution in [0.3, 0.4) is 0 Å². The van der Waals surface area contributed by atoms with E-state index >= 15 is 0 Å². The molecule has 0 aliphatic carbocycles. The number of sulfonamides is 1. The highest BCUT2D eigenvalue weighted by molar-refractivity contribution is 7.89. The minimum atomic E-state index is -3.99. The smallest absolute Gasteiger partial charge is 0.275 e. The van der Waals surface area contributed by atoms with Crippen LogP contribution in [-0.2, 0) is 23.6 Å². The monoisotopic (exact) mass is 338 g/mol. The van der Waals surface area contributed by atoms with Gasteiger partial charge in [0.05, 0.1) is 11.1 Å². The van der Waals surface area contributed by atoms with Crippen LogP contribution in [0, 0.1) is 17.0 Å². The first-order chi connectivity index (χ1) is 10.8. The Balaban J connectivity index is 2.49. The molecule has 0 aliphatic heterocycles. The van der Waals surface area contributed by atoms with Gasteiger partial charge in [0.2, 0.25) is 10.0 Å². The minimum absolute atomic E-state index is 0.109. The average Bonchev–Trinajstić information content (AvgIpc) is 2.89. The molecule has 0 bridgehead atoms. The van der Waals surface area contributed by atoms with Crippen LogP contribution < -0.4 is 0 Å². The topological polar surface area (TPSA) is 98.3 Å². The summed E-state index contributed by atoms with van der Waals surface area (Å²) >= 11 is 0. The van der Waals surface area contributed by atoms with E-state index in [-0.39, 0.29) is 18.0 Å². The van der Waals surface area contributed by atoms with Crippen molar-refractivity contribution in [3.05, 3.63) is 51.8 Å². The maximum absolute atomic E-state index is 12.9. The molecule has 2 rings (SSSR count). The second kappa shape index (κ2) is 6.47. The van der Waals surface area contributed by atoms with E-state index in [0.29, 0.717) is 11.1 Å². The summed E-state index contributed by atoms with van der Waals surface area (Å²) in [6.45, 7) is 3.55. The number of nitrogens with zero attached hydrogens (tertiary/aromatic N) is 4. The highest BCUT2D eigenvalue weighted by atomic mass is 32.2. The molecular formula is C14H18N4O4S. The summed E-state index contributed by atoms with van der Waals surface area (Å²) in [5, 5.41) is 15.2. The van der Waals surface area contributed by atoms with E-state index in [2.05, 4.69) is 5.10 Å². The molecule has 0 atom stereocenters. The normalized spacial score (nSPS) is 11.8. The zero-order valence-electron chi connectivity index (χ0n) is 13.1. The van der Waals surface area contributed by atoms with Crippen LogP contribution >= 0.6 is 0 Å². The van der Waals surface area contributed by atoms with Crippen LogP contribution in [0.5, 0.6) is 0 Å². The van der Waals surface area contributed by atoms with Crippen LogP contribution in [0.25, 0.3) is 0 Å². The lowest BCUT2D eigenvalue weighted by Gasteiger charge is -2.20. The lowest BCUT2D eigenvalue weighted by molar-refractivity contribution is -0.387. The SMILES string of the molecule is CCN(Cc1cnn(C)c1)S(=O)(=O)c1c(C)cccc1[N+](=O)[O-]. The summed E-state index contributed by atoms with van der Waals surface area (Å²) < 4.78 is 28.6. The number of nitro benzene ring substituents is 1. The van der Waals surface area contributed by atoms with Crippen LogP contribution in [-0.4, -0.2) is 34.0 Å². The molecule has 8 nitrogen and oxygen atoms in total. The third-order valence-corrected chi connectivity index (χ3v) is 5.57. The third-order valence-electron chi connectivity index (χ3n) is 3.46. The van der Waals surface area contributed by atoms with Gasteiger partial charge in [-0.25, -0.2) is 8.42 Å².